The first-order valence-corrected chi connectivity index (χ1v) is 6.40. The molecule has 0 aromatic heterocycles. The number of aliphatic hydroxyl groups excluding tert-OH is 1. The average molecular weight is 247 g/mol. The van der Waals surface area contributed by atoms with Gasteiger partial charge >= 0.3 is 0 Å². The molecule has 0 aliphatic heterocycles. The molecule has 1 aromatic carbocycles. The van der Waals surface area contributed by atoms with E-state index in [1.54, 1.807) is 18.9 Å². The lowest BCUT2D eigenvalue weighted by molar-refractivity contribution is 0.223. The molecule has 4 heteroatoms. The van der Waals surface area contributed by atoms with Crippen LogP contribution in [0.4, 0.5) is 0 Å². The van der Waals surface area contributed by atoms with Gasteiger partial charge in [-0.1, -0.05) is 12.1 Å². The van der Waals surface area contributed by atoms with E-state index in [0.717, 1.165) is 11.5 Å². The number of thioether (sulfide) groups is 1. The van der Waals surface area contributed by atoms with Crippen LogP contribution in [0.2, 0.25) is 0 Å². The van der Waals surface area contributed by atoms with Crippen LogP contribution in [-0.2, 0) is 5.75 Å². The largest absolute Gasteiger partial charge is 0.497 e. The summed E-state index contributed by atoms with van der Waals surface area (Å²) < 4.78 is 5.07. The van der Waals surface area contributed by atoms with Gasteiger partial charge in [-0.05, 0) is 17.7 Å². The molecule has 1 atom stereocenters. The van der Waals surface area contributed by atoms with Crippen molar-refractivity contribution in [2.24, 2.45) is 0 Å². The number of hydrogen-bond acceptors (Lipinski definition) is 3. The molecule has 0 fully saturated rings. The van der Waals surface area contributed by atoms with E-state index in [2.05, 4.69) is 0 Å². The van der Waals surface area contributed by atoms with Crippen LogP contribution in [0, 0.1) is 0 Å². The first-order chi connectivity index (χ1) is 7.26. The molecule has 0 aliphatic rings. The third-order valence-electron chi connectivity index (χ3n) is 1.92. The average Bonchev–Trinajstić information content (AvgIpc) is 2.29. The topological polar surface area (TPSA) is 29.5 Å². The van der Waals surface area contributed by atoms with Gasteiger partial charge in [0.15, 0.2) is 0 Å². The highest BCUT2D eigenvalue weighted by atomic mass is 35.5. The van der Waals surface area contributed by atoms with E-state index in [1.807, 2.05) is 24.3 Å². The smallest absolute Gasteiger partial charge is 0.118 e. The highest BCUT2D eigenvalue weighted by Gasteiger charge is 2.02. The Labute approximate surface area is 99.6 Å². The molecule has 0 aliphatic carbocycles. The molecule has 0 spiro atoms. The van der Waals surface area contributed by atoms with Crippen molar-refractivity contribution < 1.29 is 9.84 Å². The van der Waals surface area contributed by atoms with Gasteiger partial charge in [-0.25, -0.2) is 0 Å². The minimum atomic E-state index is -0.407. The molecule has 2 nitrogen and oxygen atoms in total. The summed E-state index contributed by atoms with van der Waals surface area (Å²) in [5.41, 5.74) is 1.22. The number of halogens is 1. The summed E-state index contributed by atoms with van der Waals surface area (Å²) in [4.78, 5) is 0. The summed E-state index contributed by atoms with van der Waals surface area (Å²) in [5.74, 6) is 2.73. The minimum Gasteiger partial charge on any atom is -0.497 e. The molecular formula is C11H15ClO2S. The molecule has 84 valence electrons. The van der Waals surface area contributed by atoms with Gasteiger partial charge in [0.1, 0.15) is 5.75 Å². The second-order valence-corrected chi connectivity index (χ2v) is 4.51. The van der Waals surface area contributed by atoms with Crippen LogP contribution in [0.5, 0.6) is 5.75 Å². The molecule has 1 unspecified atom stereocenters. The number of rotatable bonds is 6. The number of alkyl halides is 1. The third-order valence-corrected chi connectivity index (χ3v) is 3.43. The van der Waals surface area contributed by atoms with Gasteiger partial charge in [-0.3, -0.25) is 0 Å². The molecule has 0 saturated carbocycles. The molecule has 1 rings (SSSR count). The molecule has 1 N–H and O–H groups in total. The van der Waals surface area contributed by atoms with Crippen LogP contribution in [0.1, 0.15) is 5.56 Å². The second-order valence-electron chi connectivity index (χ2n) is 3.17. The number of benzene rings is 1. The van der Waals surface area contributed by atoms with Gasteiger partial charge in [0.05, 0.1) is 13.2 Å². The van der Waals surface area contributed by atoms with E-state index in [9.17, 15) is 5.11 Å². The Bertz CT molecular complexity index is 276. The van der Waals surface area contributed by atoms with Gasteiger partial charge in [0.2, 0.25) is 0 Å². The predicted octanol–water partition coefficient (Wildman–Crippen LogP) is 2.53. The summed E-state index contributed by atoms with van der Waals surface area (Å²) in [6.07, 6.45) is -0.407. The number of ether oxygens (including phenoxy) is 1. The molecule has 15 heavy (non-hydrogen) atoms. The Kier molecular flexibility index (Phi) is 5.91. The SMILES string of the molecule is COc1ccc(CSCC(O)CCl)cc1. The van der Waals surface area contributed by atoms with Gasteiger partial charge in [-0.15, -0.1) is 11.6 Å². The van der Waals surface area contributed by atoms with E-state index >= 15 is 0 Å². The Balaban J connectivity index is 2.31. The zero-order chi connectivity index (χ0) is 11.1. The summed E-state index contributed by atoms with van der Waals surface area (Å²) >= 11 is 7.17. The molecule has 0 amide bonds. The zero-order valence-electron chi connectivity index (χ0n) is 8.65. The Morgan fingerprint density at radius 2 is 2.07 bits per heavy atom. The van der Waals surface area contributed by atoms with E-state index in [-0.39, 0.29) is 0 Å². The first kappa shape index (κ1) is 12.7. The second kappa shape index (κ2) is 6.99. The molecule has 0 saturated heterocycles. The van der Waals surface area contributed by atoms with Crippen LogP contribution in [0.15, 0.2) is 24.3 Å². The first-order valence-electron chi connectivity index (χ1n) is 4.71. The maximum Gasteiger partial charge on any atom is 0.118 e. The summed E-state index contributed by atoms with van der Waals surface area (Å²) in [6.45, 7) is 0. The maximum atomic E-state index is 9.25. The predicted molar refractivity (Wildman–Crippen MR) is 65.9 cm³/mol. The lowest BCUT2D eigenvalue weighted by Gasteiger charge is -2.06. The van der Waals surface area contributed by atoms with Crippen molar-refractivity contribution in [3.05, 3.63) is 29.8 Å². The molecule has 1 aromatic rings. The van der Waals surface area contributed by atoms with E-state index in [1.165, 1.54) is 5.56 Å². The molecular weight excluding hydrogens is 232 g/mol. The van der Waals surface area contributed by atoms with E-state index in [4.69, 9.17) is 16.3 Å². The van der Waals surface area contributed by atoms with Gasteiger partial charge in [0.25, 0.3) is 0 Å². The monoisotopic (exact) mass is 246 g/mol. The lowest BCUT2D eigenvalue weighted by atomic mass is 10.2. The van der Waals surface area contributed by atoms with Crippen molar-refractivity contribution in [1.29, 1.82) is 0 Å². The fourth-order valence-electron chi connectivity index (χ4n) is 1.08. The normalized spacial score (nSPS) is 12.5. The standard InChI is InChI=1S/C11H15ClO2S/c1-14-11-4-2-9(3-5-11)7-15-8-10(13)6-12/h2-5,10,13H,6-8H2,1H3. The van der Waals surface area contributed by atoms with Crippen molar-refractivity contribution in [1.82, 2.24) is 0 Å². The van der Waals surface area contributed by atoms with Crippen LogP contribution < -0.4 is 4.74 Å². The summed E-state index contributed by atoms with van der Waals surface area (Å²) in [5, 5.41) is 9.25. The highest BCUT2D eigenvalue weighted by molar-refractivity contribution is 7.98. The van der Waals surface area contributed by atoms with E-state index < -0.39 is 6.10 Å². The summed E-state index contributed by atoms with van der Waals surface area (Å²) in [6, 6.07) is 7.93. The van der Waals surface area contributed by atoms with Crippen LogP contribution in [-0.4, -0.2) is 30.0 Å². The fourth-order valence-corrected chi connectivity index (χ4v) is 2.25. The van der Waals surface area contributed by atoms with Crippen LogP contribution in [0.3, 0.4) is 0 Å². The van der Waals surface area contributed by atoms with Crippen molar-refractivity contribution in [2.75, 3.05) is 18.7 Å². The lowest BCUT2D eigenvalue weighted by Crippen LogP contribution is -2.11. The summed E-state index contributed by atoms with van der Waals surface area (Å²) in [7, 11) is 1.65. The van der Waals surface area contributed by atoms with Gasteiger partial charge in [-0.2, -0.15) is 11.8 Å². The maximum absolute atomic E-state index is 9.25. The van der Waals surface area contributed by atoms with Crippen molar-refractivity contribution >= 4 is 23.4 Å². The fraction of sp³-hybridized carbons (Fsp3) is 0.455. The van der Waals surface area contributed by atoms with Crippen molar-refractivity contribution in [3.8, 4) is 5.75 Å². The third kappa shape index (κ3) is 4.78. The number of hydrogen-bond donors (Lipinski definition) is 1. The van der Waals surface area contributed by atoms with Crippen LogP contribution >= 0.6 is 23.4 Å². The van der Waals surface area contributed by atoms with Crippen molar-refractivity contribution in [2.45, 2.75) is 11.9 Å². The molecule has 0 heterocycles. The van der Waals surface area contributed by atoms with E-state index in [0.29, 0.717) is 11.6 Å². The Morgan fingerprint density at radius 3 is 2.60 bits per heavy atom. The Morgan fingerprint density at radius 1 is 1.40 bits per heavy atom. The molecule has 0 radical (unpaired) electrons. The van der Waals surface area contributed by atoms with Crippen molar-refractivity contribution in [3.63, 3.8) is 0 Å². The highest BCUT2D eigenvalue weighted by Crippen LogP contribution is 2.17. The van der Waals surface area contributed by atoms with Gasteiger partial charge < -0.3 is 9.84 Å². The molecule has 0 bridgehead atoms. The zero-order valence-corrected chi connectivity index (χ0v) is 10.2. The van der Waals surface area contributed by atoms with Gasteiger partial charge in [0, 0.05) is 17.4 Å². The Hall–Kier alpha value is -0.380. The number of methoxy groups -OCH3 is 1. The van der Waals surface area contributed by atoms with Crippen LogP contribution in [0.25, 0.3) is 0 Å². The number of aliphatic hydroxyl groups is 1. The minimum absolute atomic E-state index is 0.301. The quantitative estimate of drug-likeness (QED) is 0.783.